The van der Waals surface area contributed by atoms with Gasteiger partial charge in [0.2, 0.25) is 0 Å². The summed E-state index contributed by atoms with van der Waals surface area (Å²) in [5.41, 5.74) is 2.47. The molecule has 1 aliphatic rings. The Balaban J connectivity index is 1.59. The first-order chi connectivity index (χ1) is 13.2. The van der Waals surface area contributed by atoms with Crippen molar-refractivity contribution in [2.24, 2.45) is 0 Å². The maximum Gasteiger partial charge on any atom is 0.317 e. The summed E-state index contributed by atoms with van der Waals surface area (Å²) >= 11 is 0. The summed E-state index contributed by atoms with van der Waals surface area (Å²) in [5, 5.41) is 2.89. The molecule has 142 valence electrons. The second-order valence-electron chi connectivity index (χ2n) is 6.30. The number of halogens is 1. The van der Waals surface area contributed by atoms with Gasteiger partial charge >= 0.3 is 6.03 Å². The Bertz CT molecular complexity index is 796. The smallest absolute Gasteiger partial charge is 0.317 e. The zero-order chi connectivity index (χ0) is 19.1. The Morgan fingerprint density at radius 2 is 2.11 bits per heavy atom. The van der Waals surface area contributed by atoms with E-state index in [1.54, 1.807) is 11.0 Å². The largest absolute Gasteiger partial charge is 0.467 e. The van der Waals surface area contributed by atoms with Crippen molar-refractivity contribution in [1.29, 1.82) is 0 Å². The standard InChI is InChI=1S/C21H23FN2O3/c1-2-10-24(13-16-6-4-3-5-7-16)21(25)23-9-8-17-11-19(22)12-18-14-26-15-27-20(17)18/h2-7,11-12H,1,8-10,13-15H2,(H,23,25). The molecule has 0 radical (unpaired) electrons. The fraction of sp³-hybridized carbons (Fsp3) is 0.286. The van der Waals surface area contributed by atoms with Crippen LogP contribution in [0.4, 0.5) is 9.18 Å². The van der Waals surface area contributed by atoms with E-state index in [-0.39, 0.29) is 18.6 Å². The molecule has 0 saturated heterocycles. The van der Waals surface area contributed by atoms with Gasteiger partial charge in [-0.25, -0.2) is 9.18 Å². The summed E-state index contributed by atoms with van der Waals surface area (Å²) in [7, 11) is 0. The summed E-state index contributed by atoms with van der Waals surface area (Å²) in [6.07, 6.45) is 2.17. The van der Waals surface area contributed by atoms with Gasteiger partial charge in [-0.05, 0) is 29.7 Å². The lowest BCUT2D eigenvalue weighted by atomic mass is 10.1. The highest BCUT2D eigenvalue weighted by atomic mass is 19.1. The van der Waals surface area contributed by atoms with Crippen LogP contribution < -0.4 is 10.1 Å². The Morgan fingerprint density at radius 1 is 1.30 bits per heavy atom. The van der Waals surface area contributed by atoms with E-state index in [1.165, 1.54) is 12.1 Å². The highest BCUT2D eigenvalue weighted by Gasteiger charge is 2.17. The molecule has 0 unspecified atom stereocenters. The van der Waals surface area contributed by atoms with Crippen molar-refractivity contribution in [3.8, 4) is 5.75 Å². The average molecular weight is 370 g/mol. The predicted octanol–water partition coefficient (Wildman–Crippen LogP) is 3.63. The van der Waals surface area contributed by atoms with Crippen LogP contribution in [0.5, 0.6) is 5.75 Å². The van der Waals surface area contributed by atoms with E-state index in [9.17, 15) is 9.18 Å². The molecule has 0 bridgehead atoms. The third kappa shape index (κ3) is 5.08. The van der Waals surface area contributed by atoms with Gasteiger partial charge in [0.15, 0.2) is 6.79 Å². The molecule has 6 heteroatoms. The minimum absolute atomic E-state index is 0.155. The van der Waals surface area contributed by atoms with Gasteiger partial charge in [-0.3, -0.25) is 0 Å². The number of carbonyl (C=O) groups is 1. The van der Waals surface area contributed by atoms with Crippen LogP contribution in [0.1, 0.15) is 16.7 Å². The second kappa shape index (κ2) is 9.19. The molecule has 5 nitrogen and oxygen atoms in total. The van der Waals surface area contributed by atoms with Gasteiger partial charge in [-0.1, -0.05) is 36.4 Å². The molecule has 2 aromatic carbocycles. The Kier molecular flexibility index (Phi) is 6.44. The molecule has 27 heavy (non-hydrogen) atoms. The Hall–Kier alpha value is -2.86. The minimum atomic E-state index is -0.332. The first-order valence-electron chi connectivity index (χ1n) is 8.87. The van der Waals surface area contributed by atoms with E-state index < -0.39 is 0 Å². The second-order valence-corrected chi connectivity index (χ2v) is 6.30. The minimum Gasteiger partial charge on any atom is -0.467 e. The van der Waals surface area contributed by atoms with Gasteiger partial charge in [0.25, 0.3) is 0 Å². The maximum absolute atomic E-state index is 13.8. The van der Waals surface area contributed by atoms with Crippen molar-refractivity contribution in [2.75, 3.05) is 19.9 Å². The summed E-state index contributed by atoms with van der Waals surface area (Å²) < 4.78 is 24.5. The first kappa shape index (κ1) is 18.9. The third-order valence-corrected chi connectivity index (χ3v) is 4.28. The van der Waals surface area contributed by atoms with Crippen LogP contribution in [-0.4, -0.2) is 30.8 Å². The van der Waals surface area contributed by atoms with Gasteiger partial charge in [0.05, 0.1) is 6.61 Å². The van der Waals surface area contributed by atoms with E-state index in [0.29, 0.717) is 44.0 Å². The lowest BCUT2D eigenvalue weighted by molar-refractivity contribution is -0.0172. The molecule has 1 aliphatic heterocycles. The molecule has 0 atom stereocenters. The fourth-order valence-electron chi connectivity index (χ4n) is 3.04. The van der Waals surface area contributed by atoms with Crippen LogP contribution in [0, 0.1) is 5.82 Å². The Morgan fingerprint density at radius 3 is 2.89 bits per heavy atom. The number of amides is 2. The lowest BCUT2D eigenvalue weighted by Crippen LogP contribution is -2.40. The topological polar surface area (TPSA) is 50.8 Å². The van der Waals surface area contributed by atoms with Gasteiger partial charge in [-0.2, -0.15) is 0 Å². The molecule has 1 N–H and O–H groups in total. The van der Waals surface area contributed by atoms with Crippen LogP contribution in [0.15, 0.2) is 55.1 Å². The molecule has 3 rings (SSSR count). The fourth-order valence-corrected chi connectivity index (χ4v) is 3.04. The van der Waals surface area contributed by atoms with Gasteiger partial charge in [0, 0.05) is 25.2 Å². The molecular weight excluding hydrogens is 347 g/mol. The zero-order valence-electron chi connectivity index (χ0n) is 15.1. The number of benzene rings is 2. The number of urea groups is 1. The van der Waals surface area contributed by atoms with Crippen molar-refractivity contribution in [1.82, 2.24) is 10.2 Å². The summed E-state index contributed by atoms with van der Waals surface area (Å²) in [6.45, 7) is 5.52. The Labute approximate surface area is 158 Å². The number of ether oxygens (including phenoxy) is 2. The zero-order valence-corrected chi connectivity index (χ0v) is 15.1. The van der Waals surface area contributed by atoms with Crippen LogP contribution in [-0.2, 0) is 24.3 Å². The molecule has 0 saturated carbocycles. The predicted molar refractivity (Wildman–Crippen MR) is 101 cm³/mol. The number of rotatable bonds is 7. The van der Waals surface area contributed by atoms with E-state index >= 15 is 0 Å². The van der Waals surface area contributed by atoms with Crippen LogP contribution in [0.25, 0.3) is 0 Å². The molecule has 0 spiro atoms. The van der Waals surface area contributed by atoms with Crippen molar-refractivity contribution in [2.45, 2.75) is 19.6 Å². The SMILES string of the molecule is C=CCN(Cc1ccccc1)C(=O)NCCc1cc(F)cc2c1OCOC2. The number of hydrogen-bond donors (Lipinski definition) is 1. The highest BCUT2D eigenvalue weighted by Crippen LogP contribution is 2.29. The lowest BCUT2D eigenvalue weighted by Gasteiger charge is -2.23. The number of hydrogen-bond acceptors (Lipinski definition) is 3. The van der Waals surface area contributed by atoms with E-state index in [1.807, 2.05) is 30.3 Å². The van der Waals surface area contributed by atoms with Crippen molar-refractivity contribution in [3.05, 3.63) is 77.6 Å². The quantitative estimate of drug-likeness (QED) is 0.757. The first-order valence-corrected chi connectivity index (χ1v) is 8.87. The molecule has 0 aromatic heterocycles. The molecule has 2 amide bonds. The number of fused-ring (bicyclic) bond motifs is 1. The van der Waals surface area contributed by atoms with Crippen LogP contribution in [0.2, 0.25) is 0 Å². The summed E-state index contributed by atoms with van der Waals surface area (Å²) in [5.74, 6) is 0.325. The monoisotopic (exact) mass is 370 g/mol. The molecule has 0 fully saturated rings. The van der Waals surface area contributed by atoms with Gasteiger partial charge in [0.1, 0.15) is 11.6 Å². The van der Waals surface area contributed by atoms with Crippen molar-refractivity contribution in [3.63, 3.8) is 0 Å². The summed E-state index contributed by atoms with van der Waals surface area (Å²) in [4.78, 5) is 14.2. The van der Waals surface area contributed by atoms with E-state index in [2.05, 4.69) is 11.9 Å². The third-order valence-electron chi connectivity index (χ3n) is 4.28. The molecule has 0 aliphatic carbocycles. The van der Waals surface area contributed by atoms with E-state index in [4.69, 9.17) is 9.47 Å². The number of nitrogens with zero attached hydrogens (tertiary/aromatic N) is 1. The number of carbonyl (C=O) groups excluding carboxylic acids is 1. The maximum atomic E-state index is 13.8. The molecule has 1 heterocycles. The normalized spacial score (nSPS) is 12.6. The van der Waals surface area contributed by atoms with E-state index in [0.717, 1.165) is 11.1 Å². The van der Waals surface area contributed by atoms with Gasteiger partial charge in [-0.15, -0.1) is 6.58 Å². The summed E-state index contributed by atoms with van der Waals surface area (Å²) in [6, 6.07) is 12.4. The van der Waals surface area contributed by atoms with Crippen LogP contribution >= 0.6 is 0 Å². The highest BCUT2D eigenvalue weighted by molar-refractivity contribution is 5.74. The van der Waals surface area contributed by atoms with Crippen molar-refractivity contribution < 1.29 is 18.7 Å². The van der Waals surface area contributed by atoms with Crippen molar-refractivity contribution >= 4 is 6.03 Å². The number of nitrogens with one attached hydrogen (secondary N) is 1. The average Bonchev–Trinajstić information content (AvgIpc) is 2.68. The van der Waals surface area contributed by atoms with Crippen LogP contribution in [0.3, 0.4) is 0 Å². The van der Waals surface area contributed by atoms with Gasteiger partial charge < -0.3 is 19.7 Å². The molecular formula is C21H23FN2O3. The molecule has 2 aromatic rings.